The molecule has 0 radical (unpaired) electrons. The summed E-state index contributed by atoms with van der Waals surface area (Å²) in [5, 5.41) is 5.15. The molecule has 1 N–H and O–H groups in total. The van der Waals surface area contributed by atoms with Gasteiger partial charge in [-0.05, 0) is 62.3 Å². The Morgan fingerprint density at radius 3 is 2.83 bits per heavy atom. The van der Waals surface area contributed by atoms with Crippen LogP contribution < -0.4 is 5.32 Å². The standard InChI is InChI=1S/C15H21Cl2N/c1-2-7-18-14-6-3-11(9-14)8-12-4-5-13(16)10-15(12)17/h4-5,10-11,14,18H,2-3,6-9H2,1H3. The van der Waals surface area contributed by atoms with Crippen molar-refractivity contribution in [1.29, 1.82) is 0 Å². The first-order chi connectivity index (χ1) is 8.69. The van der Waals surface area contributed by atoms with Gasteiger partial charge in [-0.15, -0.1) is 0 Å². The van der Waals surface area contributed by atoms with Crippen molar-refractivity contribution in [1.82, 2.24) is 5.32 Å². The molecule has 0 aromatic heterocycles. The van der Waals surface area contributed by atoms with Crippen LogP contribution in [0.2, 0.25) is 10.0 Å². The maximum absolute atomic E-state index is 6.23. The Morgan fingerprint density at radius 1 is 1.28 bits per heavy atom. The molecule has 100 valence electrons. The molecule has 2 unspecified atom stereocenters. The molecular weight excluding hydrogens is 265 g/mol. The van der Waals surface area contributed by atoms with Gasteiger partial charge in [0.2, 0.25) is 0 Å². The SMILES string of the molecule is CCCNC1CCC(Cc2ccc(Cl)cc2Cl)C1. The molecule has 0 bridgehead atoms. The summed E-state index contributed by atoms with van der Waals surface area (Å²) in [6, 6.07) is 6.56. The number of nitrogens with one attached hydrogen (secondary N) is 1. The minimum absolute atomic E-state index is 0.709. The topological polar surface area (TPSA) is 12.0 Å². The van der Waals surface area contributed by atoms with Crippen LogP contribution in [-0.4, -0.2) is 12.6 Å². The molecule has 1 aromatic carbocycles. The molecule has 18 heavy (non-hydrogen) atoms. The maximum Gasteiger partial charge on any atom is 0.0452 e. The summed E-state index contributed by atoms with van der Waals surface area (Å²) in [5.41, 5.74) is 1.24. The Balaban J connectivity index is 1.87. The summed E-state index contributed by atoms with van der Waals surface area (Å²) < 4.78 is 0. The van der Waals surface area contributed by atoms with Crippen molar-refractivity contribution in [3.63, 3.8) is 0 Å². The van der Waals surface area contributed by atoms with Crippen molar-refractivity contribution in [2.24, 2.45) is 5.92 Å². The lowest BCUT2D eigenvalue weighted by atomic mass is 9.98. The van der Waals surface area contributed by atoms with Crippen molar-refractivity contribution >= 4 is 23.2 Å². The van der Waals surface area contributed by atoms with Crippen LogP contribution in [0.25, 0.3) is 0 Å². The number of hydrogen-bond acceptors (Lipinski definition) is 1. The quantitative estimate of drug-likeness (QED) is 0.827. The summed E-state index contributed by atoms with van der Waals surface area (Å²) >= 11 is 12.1. The zero-order chi connectivity index (χ0) is 13.0. The molecule has 1 fully saturated rings. The fourth-order valence-corrected chi connectivity index (χ4v) is 3.28. The summed E-state index contributed by atoms with van der Waals surface area (Å²) in [6.07, 6.45) is 6.18. The van der Waals surface area contributed by atoms with E-state index in [1.165, 1.54) is 31.2 Å². The van der Waals surface area contributed by atoms with Crippen molar-refractivity contribution in [2.45, 2.75) is 45.1 Å². The zero-order valence-corrected chi connectivity index (χ0v) is 12.4. The Labute approximate surface area is 120 Å². The summed E-state index contributed by atoms with van der Waals surface area (Å²) in [7, 11) is 0. The third-order valence-corrected chi connectivity index (χ3v) is 4.33. The van der Waals surface area contributed by atoms with Crippen molar-refractivity contribution in [2.75, 3.05) is 6.54 Å². The summed E-state index contributed by atoms with van der Waals surface area (Å²) in [4.78, 5) is 0. The maximum atomic E-state index is 6.23. The minimum Gasteiger partial charge on any atom is -0.314 e. The zero-order valence-electron chi connectivity index (χ0n) is 10.9. The van der Waals surface area contributed by atoms with Gasteiger partial charge in [-0.3, -0.25) is 0 Å². The van der Waals surface area contributed by atoms with Crippen LogP contribution in [0.3, 0.4) is 0 Å². The molecule has 1 aliphatic carbocycles. The van der Waals surface area contributed by atoms with E-state index < -0.39 is 0 Å². The first kappa shape index (κ1) is 14.2. The highest BCUT2D eigenvalue weighted by Crippen LogP contribution is 2.31. The van der Waals surface area contributed by atoms with Gasteiger partial charge in [-0.2, -0.15) is 0 Å². The molecule has 1 aromatic rings. The predicted octanol–water partition coefficient (Wildman–Crippen LogP) is 4.70. The highest BCUT2D eigenvalue weighted by molar-refractivity contribution is 6.35. The molecule has 0 amide bonds. The van der Waals surface area contributed by atoms with Crippen molar-refractivity contribution in [3.8, 4) is 0 Å². The Hall–Kier alpha value is -0.240. The van der Waals surface area contributed by atoms with E-state index in [2.05, 4.69) is 18.3 Å². The van der Waals surface area contributed by atoms with Gasteiger partial charge in [0.05, 0.1) is 0 Å². The van der Waals surface area contributed by atoms with E-state index >= 15 is 0 Å². The highest BCUT2D eigenvalue weighted by Gasteiger charge is 2.24. The Bertz CT molecular complexity index is 392. The molecule has 1 aliphatic rings. The van der Waals surface area contributed by atoms with E-state index in [4.69, 9.17) is 23.2 Å². The van der Waals surface area contributed by atoms with Gasteiger partial charge in [0.1, 0.15) is 0 Å². The van der Waals surface area contributed by atoms with Crippen LogP contribution in [0, 0.1) is 5.92 Å². The molecule has 2 rings (SSSR count). The second-order valence-electron chi connectivity index (χ2n) is 5.27. The van der Waals surface area contributed by atoms with Gasteiger partial charge in [0.25, 0.3) is 0 Å². The second kappa shape index (κ2) is 6.79. The van der Waals surface area contributed by atoms with Crippen LogP contribution >= 0.6 is 23.2 Å². The lowest BCUT2D eigenvalue weighted by Crippen LogP contribution is -2.27. The Kier molecular flexibility index (Phi) is 5.35. The monoisotopic (exact) mass is 285 g/mol. The fourth-order valence-electron chi connectivity index (χ4n) is 2.79. The molecule has 1 nitrogen and oxygen atoms in total. The molecule has 0 saturated heterocycles. The minimum atomic E-state index is 0.709. The predicted molar refractivity (Wildman–Crippen MR) is 79.6 cm³/mol. The molecule has 3 heteroatoms. The van der Waals surface area contributed by atoms with Gasteiger partial charge in [-0.1, -0.05) is 36.2 Å². The molecule has 0 aliphatic heterocycles. The molecule has 0 spiro atoms. The van der Waals surface area contributed by atoms with E-state index in [0.717, 1.165) is 28.9 Å². The van der Waals surface area contributed by atoms with E-state index in [0.29, 0.717) is 6.04 Å². The van der Waals surface area contributed by atoms with Crippen LogP contribution in [0.1, 0.15) is 38.2 Å². The van der Waals surface area contributed by atoms with Crippen molar-refractivity contribution in [3.05, 3.63) is 33.8 Å². The summed E-state index contributed by atoms with van der Waals surface area (Å²) in [6.45, 7) is 3.35. The van der Waals surface area contributed by atoms with Crippen LogP contribution in [0.15, 0.2) is 18.2 Å². The first-order valence-electron chi connectivity index (χ1n) is 6.86. The lowest BCUT2D eigenvalue weighted by Gasteiger charge is -2.13. The molecular formula is C15H21Cl2N. The number of halogens is 2. The summed E-state index contributed by atoms with van der Waals surface area (Å²) in [5.74, 6) is 0.762. The van der Waals surface area contributed by atoms with E-state index in [-0.39, 0.29) is 0 Å². The Morgan fingerprint density at radius 2 is 2.11 bits per heavy atom. The molecule has 0 heterocycles. The van der Waals surface area contributed by atoms with Crippen LogP contribution in [0.4, 0.5) is 0 Å². The van der Waals surface area contributed by atoms with E-state index in [9.17, 15) is 0 Å². The lowest BCUT2D eigenvalue weighted by molar-refractivity contribution is 0.484. The van der Waals surface area contributed by atoms with Crippen LogP contribution in [0.5, 0.6) is 0 Å². The van der Waals surface area contributed by atoms with Gasteiger partial charge in [-0.25, -0.2) is 0 Å². The number of benzene rings is 1. The van der Waals surface area contributed by atoms with Gasteiger partial charge < -0.3 is 5.32 Å². The normalized spacial score (nSPS) is 23.5. The molecule has 2 atom stereocenters. The van der Waals surface area contributed by atoms with E-state index in [1.54, 1.807) is 0 Å². The average molecular weight is 286 g/mol. The highest BCUT2D eigenvalue weighted by atomic mass is 35.5. The van der Waals surface area contributed by atoms with Gasteiger partial charge in [0, 0.05) is 16.1 Å². The number of rotatable bonds is 5. The van der Waals surface area contributed by atoms with Gasteiger partial charge in [0.15, 0.2) is 0 Å². The van der Waals surface area contributed by atoms with E-state index in [1.807, 2.05) is 12.1 Å². The second-order valence-corrected chi connectivity index (χ2v) is 6.11. The average Bonchev–Trinajstić information content (AvgIpc) is 2.78. The third kappa shape index (κ3) is 3.88. The molecule has 1 saturated carbocycles. The van der Waals surface area contributed by atoms with Gasteiger partial charge >= 0.3 is 0 Å². The first-order valence-corrected chi connectivity index (χ1v) is 7.62. The smallest absolute Gasteiger partial charge is 0.0452 e. The third-order valence-electron chi connectivity index (χ3n) is 3.75. The van der Waals surface area contributed by atoms with Crippen molar-refractivity contribution < 1.29 is 0 Å². The van der Waals surface area contributed by atoms with Crippen LogP contribution in [-0.2, 0) is 6.42 Å². The largest absolute Gasteiger partial charge is 0.314 e. The number of hydrogen-bond donors (Lipinski definition) is 1. The fraction of sp³-hybridized carbons (Fsp3) is 0.600.